The minimum atomic E-state index is 0.976. The van der Waals surface area contributed by atoms with Gasteiger partial charge in [-0.3, -0.25) is 0 Å². The van der Waals surface area contributed by atoms with E-state index >= 15 is 0 Å². The van der Waals surface area contributed by atoms with E-state index in [0.717, 1.165) is 6.42 Å². The lowest BCUT2D eigenvalue weighted by Crippen LogP contribution is -1.99. The van der Waals surface area contributed by atoms with Crippen LogP contribution < -0.4 is 0 Å². The van der Waals surface area contributed by atoms with Gasteiger partial charge >= 0.3 is 0 Å². The Kier molecular flexibility index (Phi) is 5.04. The highest BCUT2D eigenvalue weighted by molar-refractivity contribution is 6.13. The Bertz CT molecular complexity index is 1610. The average Bonchev–Trinajstić information content (AvgIpc) is 3.06. The smallest absolute Gasteiger partial charge is 0.0622 e. The summed E-state index contributed by atoms with van der Waals surface area (Å²) in [6, 6.07) is 32.9. The fourth-order valence-electron chi connectivity index (χ4n) is 5.22. The van der Waals surface area contributed by atoms with E-state index < -0.39 is 0 Å². The summed E-state index contributed by atoms with van der Waals surface area (Å²) in [5.41, 5.74) is 11.6. The first-order chi connectivity index (χ1) is 16.7. The summed E-state index contributed by atoms with van der Waals surface area (Å²) in [7, 11) is 0. The number of allylic oxidation sites excluding steroid dienone is 6. The maximum Gasteiger partial charge on any atom is 0.0622 e. The molecule has 0 atom stereocenters. The molecule has 1 nitrogen and oxygen atoms in total. The van der Waals surface area contributed by atoms with Gasteiger partial charge in [0, 0.05) is 22.0 Å². The van der Waals surface area contributed by atoms with Crippen molar-refractivity contribution in [1.82, 2.24) is 4.57 Å². The Morgan fingerprint density at radius 1 is 0.647 bits per heavy atom. The lowest BCUT2D eigenvalue weighted by molar-refractivity contribution is 1.17. The van der Waals surface area contributed by atoms with Gasteiger partial charge in [-0.1, -0.05) is 103 Å². The number of rotatable bonds is 3. The van der Waals surface area contributed by atoms with Gasteiger partial charge in [-0.05, 0) is 60.7 Å². The zero-order valence-corrected chi connectivity index (χ0v) is 19.6. The van der Waals surface area contributed by atoms with Crippen LogP contribution in [0.1, 0.15) is 24.5 Å². The number of fused-ring (bicyclic) bond motifs is 3. The lowest BCUT2D eigenvalue weighted by atomic mass is 9.93. The van der Waals surface area contributed by atoms with Gasteiger partial charge in [-0.15, -0.1) is 0 Å². The number of aromatic nitrogens is 1. The molecule has 0 radical (unpaired) electrons. The minimum absolute atomic E-state index is 0.976. The van der Waals surface area contributed by atoms with Gasteiger partial charge in [0.15, 0.2) is 0 Å². The zero-order chi connectivity index (χ0) is 23.1. The molecule has 0 N–H and O–H groups in total. The fraction of sp³-hybridized carbons (Fsp3) is 0.0909. The van der Waals surface area contributed by atoms with Crippen molar-refractivity contribution in [2.75, 3.05) is 0 Å². The summed E-state index contributed by atoms with van der Waals surface area (Å²) in [5.74, 6) is 0. The molecule has 6 rings (SSSR count). The molecule has 1 aromatic heterocycles. The standard InChI is InChI=1S/C33H27N/c1-23-11-5-3-8-14-28(23)32-24(2)17-22-30-29-15-9-10-16-31(29)34(33(30)32)27-20-18-26(19-21-27)25-12-6-4-7-13-25/h3-10,12-22H,11H2,1-2H3. The van der Waals surface area contributed by atoms with Crippen molar-refractivity contribution in [2.45, 2.75) is 20.3 Å². The quantitative estimate of drug-likeness (QED) is 0.265. The van der Waals surface area contributed by atoms with Crippen LogP contribution in [0.2, 0.25) is 0 Å². The molecule has 1 heteroatoms. The van der Waals surface area contributed by atoms with Crippen molar-refractivity contribution in [3.05, 3.63) is 132 Å². The third kappa shape index (κ3) is 3.33. The Balaban J connectivity index is 1.66. The van der Waals surface area contributed by atoms with Gasteiger partial charge in [-0.25, -0.2) is 0 Å². The summed E-state index contributed by atoms with van der Waals surface area (Å²) in [5, 5.41) is 2.59. The third-order valence-corrected chi connectivity index (χ3v) is 6.94. The van der Waals surface area contributed by atoms with Crippen LogP contribution in [-0.2, 0) is 0 Å². The number of benzene rings is 4. The van der Waals surface area contributed by atoms with Gasteiger partial charge < -0.3 is 4.57 Å². The maximum atomic E-state index is 2.45. The van der Waals surface area contributed by atoms with Gasteiger partial charge in [0.05, 0.1) is 11.0 Å². The Hall–Kier alpha value is -4.10. The highest BCUT2D eigenvalue weighted by atomic mass is 15.0. The summed E-state index contributed by atoms with van der Waals surface area (Å²) in [6.45, 7) is 4.50. The van der Waals surface area contributed by atoms with Crippen LogP contribution in [0.15, 0.2) is 121 Å². The number of para-hydroxylation sites is 1. The molecule has 0 spiro atoms. The first-order valence-electron chi connectivity index (χ1n) is 11.9. The van der Waals surface area contributed by atoms with Crippen LogP contribution in [0.25, 0.3) is 44.2 Å². The van der Waals surface area contributed by atoms with Gasteiger partial charge in [-0.2, -0.15) is 0 Å². The Morgan fingerprint density at radius 3 is 2.21 bits per heavy atom. The van der Waals surface area contributed by atoms with E-state index in [9.17, 15) is 0 Å². The Morgan fingerprint density at radius 2 is 1.38 bits per heavy atom. The maximum absolute atomic E-state index is 2.45. The van der Waals surface area contributed by atoms with Gasteiger partial charge in [0.1, 0.15) is 0 Å². The molecule has 1 aliphatic rings. The van der Waals surface area contributed by atoms with Crippen molar-refractivity contribution in [3.8, 4) is 16.8 Å². The SMILES string of the molecule is CC1=C(c2c(C)ccc3c4ccccc4n(-c4ccc(-c5ccccc5)cc4)c23)C=CC=CC1. The number of aryl methyl sites for hydroxylation is 1. The first kappa shape index (κ1) is 20.5. The largest absolute Gasteiger partial charge is 0.309 e. The summed E-state index contributed by atoms with van der Waals surface area (Å²) in [6.07, 6.45) is 9.83. The number of hydrogen-bond donors (Lipinski definition) is 0. The second-order valence-electron chi connectivity index (χ2n) is 9.10. The van der Waals surface area contributed by atoms with Crippen molar-refractivity contribution in [2.24, 2.45) is 0 Å². The molecule has 0 aliphatic heterocycles. The molecule has 0 saturated carbocycles. The Labute approximate surface area is 201 Å². The highest BCUT2D eigenvalue weighted by Gasteiger charge is 2.19. The first-order valence-corrected chi connectivity index (χ1v) is 11.9. The molecule has 0 amide bonds. The van der Waals surface area contributed by atoms with Crippen LogP contribution in [0, 0.1) is 6.92 Å². The normalized spacial score (nSPS) is 13.7. The van der Waals surface area contributed by atoms with E-state index in [-0.39, 0.29) is 0 Å². The predicted octanol–water partition coefficient (Wildman–Crippen LogP) is 9.05. The molecule has 0 unspecified atom stereocenters. The van der Waals surface area contributed by atoms with Crippen molar-refractivity contribution in [3.63, 3.8) is 0 Å². The summed E-state index contributed by atoms with van der Waals surface area (Å²) in [4.78, 5) is 0. The van der Waals surface area contributed by atoms with Crippen LogP contribution in [-0.4, -0.2) is 4.57 Å². The fourth-order valence-corrected chi connectivity index (χ4v) is 5.22. The summed E-state index contributed by atoms with van der Waals surface area (Å²) >= 11 is 0. The monoisotopic (exact) mass is 437 g/mol. The molecule has 1 heterocycles. The van der Waals surface area contributed by atoms with E-state index in [1.165, 1.54) is 60.9 Å². The van der Waals surface area contributed by atoms with E-state index in [2.05, 4.69) is 134 Å². The second-order valence-corrected chi connectivity index (χ2v) is 9.10. The van der Waals surface area contributed by atoms with Crippen molar-refractivity contribution in [1.29, 1.82) is 0 Å². The van der Waals surface area contributed by atoms with Crippen LogP contribution in [0.5, 0.6) is 0 Å². The molecular weight excluding hydrogens is 410 g/mol. The van der Waals surface area contributed by atoms with E-state index in [1.54, 1.807) is 0 Å². The third-order valence-electron chi connectivity index (χ3n) is 6.94. The zero-order valence-electron chi connectivity index (χ0n) is 19.6. The number of nitrogens with zero attached hydrogens (tertiary/aromatic N) is 1. The molecule has 0 bridgehead atoms. The van der Waals surface area contributed by atoms with E-state index in [4.69, 9.17) is 0 Å². The minimum Gasteiger partial charge on any atom is -0.309 e. The predicted molar refractivity (Wildman–Crippen MR) is 146 cm³/mol. The number of hydrogen-bond acceptors (Lipinski definition) is 0. The topological polar surface area (TPSA) is 4.93 Å². The van der Waals surface area contributed by atoms with Crippen molar-refractivity contribution < 1.29 is 0 Å². The molecule has 34 heavy (non-hydrogen) atoms. The van der Waals surface area contributed by atoms with E-state index in [1.807, 2.05) is 0 Å². The molecule has 164 valence electrons. The molecule has 5 aromatic rings. The molecule has 0 fully saturated rings. The van der Waals surface area contributed by atoms with Crippen LogP contribution in [0.4, 0.5) is 0 Å². The molecule has 4 aromatic carbocycles. The second kappa shape index (κ2) is 8.35. The molecule has 1 aliphatic carbocycles. The molecular formula is C33H27N. The van der Waals surface area contributed by atoms with Crippen LogP contribution >= 0.6 is 0 Å². The summed E-state index contributed by atoms with van der Waals surface area (Å²) < 4.78 is 2.45. The van der Waals surface area contributed by atoms with E-state index in [0.29, 0.717) is 0 Å². The average molecular weight is 438 g/mol. The molecule has 0 saturated heterocycles. The van der Waals surface area contributed by atoms with Crippen molar-refractivity contribution >= 4 is 27.4 Å². The highest BCUT2D eigenvalue weighted by Crippen LogP contribution is 2.40. The lowest BCUT2D eigenvalue weighted by Gasteiger charge is -2.16. The van der Waals surface area contributed by atoms with Gasteiger partial charge in [0.25, 0.3) is 0 Å². The van der Waals surface area contributed by atoms with Crippen LogP contribution in [0.3, 0.4) is 0 Å². The van der Waals surface area contributed by atoms with Gasteiger partial charge in [0.2, 0.25) is 0 Å².